The normalized spacial score (nSPS) is 19.6. The number of piperazine rings is 1. The second-order valence-corrected chi connectivity index (χ2v) is 8.09. The monoisotopic (exact) mass is 393 g/mol. The molecule has 0 atom stereocenters. The molecule has 29 heavy (non-hydrogen) atoms. The quantitative estimate of drug-likeness (QED) is 0.838. The first-order chi connectivity index (χ1) is 14.2. The molecule has 3 heterocycles. The number of carbonyl (C=O) groups excluding carboxylic acids is 1. The van der Waals surface area contributed by atoms with Crippen LogP contribution < -0.4 is 15.0 Å². The molecule has 5 rings (SSSR count). The zero-order valence-electron chi connectivity index (χ0n) is 16.9. The van der Waals surface area contributed by atoms with E-state index in [9.17, 15) is 4.79 Å². The topological polar surface area (TPSA) is 70.6 Å². The fourth-order valence-corrected chi connectivity index (χ4v) is 4.27. The van der Waals surface area contributed by atoms with Crippen molar-refractivity contribution in [3.05, 3.63) is 46.9 Å². The van der Waals surface area contributed by atoms with Crippen molar-refractivity contribution in [1.82, 2.24) is 20.2 Å². The van der Waals surface area contributed by atoms with E-state index >= 15 is 0 Å². The van der Waals surface area contributed by atoms with Crippen molar-refractivity contribution >= 4 is 11.7 Å². The minimum absolute atomic E-state index is 0.0494. The van der Waals surface area contributed by atoms with Gasteiger partial charge < -0.3 is 15.0 Å². The van der Waals surface area contributed by atoms with Crippen LogP contribution in [-0.4, -0.2) is 60.6 Å². The highest BCUT2D eigenvalue weighted by Crippen LogP contribution is 2.40. The molecule has 1 aromatic heterocycles. The number of anilines is 1. The van der Waals surface area contributed by atoms with Gasteiger partial charge in [0.25, 0.3) is 5.91 Å². The summed E-state index contributed by atoms with van der Waals surface area (Å²) in [6.07, 6.45) is 3.07. The highest BCUT2D eigenvalue weighted by molar-refractivity contribution is 5.96. The average Bonchev–Trinajstić information content (AvgIpc) is 3.60. The van der Waals surface area contributed by atoms with Crippen LogP contribution in [0.4, 0.5) is 5.82 Å². The third-order valence-electron chi connectivity index (χ3n) is 6.08. The predicted molar refractivity (Wildman–Crippen MR) is 111 cm³/mol. The van der Waals surface area contributed by atoms with Gasteiger partial charge in [-0.2, -0.15) is 0 Å². The molecular weight excluding hydrogens is 366 g/mol. The number of rotatable bonds is 5. The molecule has 1 saturated heterocycles. The third-order valence-corrected chi connectivity index (χ3v) is 6.08. The number of benzene rings is 1. The van der Waals surface area contributed by atoms with Gasteiger partial charge in [0.2, 0.25) is 0 Å². The molecule has 1 amide bonds. The van der Waals surface area contributed by atoms with Crippen LogP contribution in [0.2, 0.25) is 0 Å². The molecule has 2 fully saturated rings. The fraction of sp³-hybridized carbons (Fsp3) is 0.500. The van der Waals surface area contributed by atoms with Gasteiger partial charge >= 0.3 is 0 Å². The van der Waals surface area contributed by atoms with Crippen LogP contribution >= 0.6 is 0 Å². The Morgan fingerprint density at radius 3 is 2.69 bits per heavy atom. The van der Waals surface area contributed by atoms with E-state index in [4.69, 9.17) is 9.72 Å². The standard InChI is InChI=1S/C22H27N5O2/c1-29-18-5-3-2-4-16(18)14-26-10-12-27(13-11-26)21-17-8-9-23-22(28)19(17)24-20(25-21)15-6-7-15/h2-5,15H,6-14H2,1H3,(H,23,28). The molecule has 152 valence electrons. The Morgan fingerprint density at radius 2 is 1.93 bits per heavy atom. The number of nitrogens with one attached hydrogen (secondary N) is 1. The minimum atomic E-state index is -0.0494. The molecule has 0 bridgehead atoms. The Morgan fingerprint density at radius 1 is 1.14 bits per heavy atom. The molecule has 3 aliphatic rings. The van der Waals surface area contributed by atoms with Crippen molar-refractivity contribution in [1.29, 1.82) is 0 Å². The van der Waals surface area contributed by atoms with Crippen molar-refractivity contribution in [3.8, 4) is 5.75 Å². The van der Waals surface area contributed by atoms with E-state index in [1.807, 2.05) is 12.1 Å². The van der Waals surface area contributed by atoms with E-state index in [0.29, 0.717) is 18.2 Å². The van der Waals surface area contributed by atoms with Gasteiger partial charge in [0.15, 0.2) is 0 Å². The molecule has 7 heteroatoms. The van der Waals surface area contributed by atoms with Gasteiger partial charge in [-0.05, 0) is 25.3 Å². The SMILES string of the molecule is COc1ccccc1CN1CCN(c2nc(C3CC3)nc3c2CCNC3=O)CC1. The maximum absolute atomic E-state index is 12.4. The number of hydrogen-bond acceptors (Lipinski definition) is 6. The summed E-state index contributed by atoms with van der Waals surface area (Å²) in [5.74, 6) is 3.17. The lowest BCUT2D eigenvalue weighted by Gasteiger charge is -2.37. The van der Waals surface area contributed by atoms with E-state index in [1.54, 1.807) is 7.11 Å². The molecule has 0 spiro atoms. The summed E-state index contributed by atoms with van der Waals surface area (Å²) in [6.45, 7) is 5.28. The summed E-state index contributed by atoms with van der Waals surface area (Å²) in [6, 6.07) is 8.22. The number of carbonyl (C=O) groups is 1. The van der Waals surface area contributed by atoms with Crippen molar-refractivity contribution in [3.63, 3.8) is 0 Å². The van der Waals surface area contributed by atoms with Crippen molar-refractivity contribution in [2.24, 2.45) is 0 Å². The fourth-order valence-electron chi connectivity index (χ4n) is 4.27. The summed E-state index contributed by atoms with van der Waals surface area (Å²) < 4.78 is 5.50. The first kappa shape index (κ1) is 18.4. The number of methoxy groups -OCH3 is 1. The summed E-state index contributed by atoms with van der Waals surface area (Å²) >= 11 is 0. The number of para-hydroxylation sites is 1. The molecular formula is C22H27N5O2. The lowest BCUT2D eigenvalue weighted by atomic mass is 10.0. The Balaban J connectivity index is 1.34. The van der Waals surface area contributed by atoms with E-state index in [2.05, 4.69) is 32.2 Å². The smallest absolute Gasteiger partial charge is 0.270 e. The van der Waals surface area contributed by atoms with Crippen LogP contribution in [0.3, 0.4) is 0 Å². The number of ether oxygens (including phenoxy) is 1. The Labute approximate surface area is 171 Å². The summed E-state index contributed by atoms with van der Waals surface area (Å²) in [5.41, 5.74) is 2.84. The van der Waals surface area contributed by atoms with Crippen molar-refractivity contribution < 1.29 is 9.53 Å². The van der Waals surface area contributed by atoms with Gasteiger partial charge in [0.05, 0.1) is 7.11 Å². The van der Waals surface area contributed by atoms with Gasteiger partial charge in [0.1, 0.15) is 23.1 Å². The van der Waals surface area contributed by atoms with Crippen LogP contribution in [0, 0.1) is 0 Å². The maximum atomic E-state index is 12.4. The van der Waals surface area contributed by atoms with Crippen LogP contribution in [0.1, 0.15) is 46.2 Å². The average molecular weight is 393 g/mol. The number of aromatic nitrogens is 2. The summed E-state index contributed by atoms with van der Waals surface area (Å²) in [5, 5.41) is 2.93. The number of nitrogens with zero attached hydrogens (tertiary/aromatic N) is 4. The molecule has 1 saturated carbocycles. The second-order valence-electron chi connectivity index (χ2n) is 8.09. The van der Waals surface area contributed by atoms with Gasteiger partial charge in [-0.25, -0.2) is 9.97 Å². The Hall–Kier alpha value is -2.67. The van der Waals surface area contributed by atoms with Gasteiger partial charge in [-0.1, -0.05) is 18.2 Å². The zero-order chi connectivity index (χ0) is 19.8. The van der Waals surface area contributed by atoms with Gasteiger partial charge in [-0.3, -0.25) is 9.69 Å². The summed E-state index contributed by atoms with van der Waals surface area (Å²) in [7, 11) is 1.72. The Bertz CT molecular complexity index is 919. The predicted octanol–water partition coefficient (Wildman–Crippen LogP) is 1.97. The molecule has 0 unspecified atom stereocenters. The Kier molecular flexibility index (Phi) is 4.83. The molecule has 0 radical (unpaired) electrons. The molecule has 1 aliphatic carbocycles. The molecule has 1 aromatic carbocycles. The van der Waals surface area contributed by atoms with Gasteiger partial charge in [-0.15, -0.1) is 0 Å². The highest BCUT2D eigenvalue weighted by Gasteiger charge is 2.33. The molecule has 7 nitrogen and oxygen atoms in total. The number of hydrogen-bond donors (Lipinski definition) is 1. The largest absolute Gasteiger partial charge is 0.496 e. The maximum Gasteiger partial charge on any atom is 0.270 e. The van der Waals surface area contributed by atoms with Crippen molar-refractivity contribution in [2.75, 3.05) is 44.7 Å². The zero-order valence-corrected chi connectivity index (χ0v) is 16.9. The van der Waals surface area contributed by atoms with E-state index in [-0.39, 0.29) is 5.91 Å². The molecule has 2 aliphatic heterocycles. The first-order valence-electron chi connectivity index (χ1n) is 10.5. The van der Waals surface area contributed by atoms with Crippen molar-refractivity contribution in [2.45, 2.75) is 31.7 Å². The van der Waals surface area contributed by atoms with E-state index in [1.165, 1.54) is 5.56 Å². The van der Waals surface area contributed by atoms with Crippen LogP contribution in [0.5, 0.6) is 5.75 Å². The van der Waals surface area contributed by atoms with Gasteiger partial charge in [0, 0.05) is 56.3 Å². The summed E-state index contributed by atoms with van der Waals surface area (Å²) in [4.78, 5) is 26.8. The number of amides is 1. The minimum Gasteiger partial charge on any atom is -0.496 e. The van der Waals surface area contributed by atoms with E-state index < -0.39 is 0 Å². The lowest BCUT2D eigenvalue weighted by molar-refractivity contribution is 0.0940. The number of fused-ring (bicyclic) bond motifs is 1. The van der Waals surface area contributed by atoms with Crippen LogP contribution in [0.15, 0.2) is 24.3 Å². The highest BCUT2D eigenvalue weighted by atomic mass is 16.5. The molecule has 1 N–H and O–H groups in total. The second kappa shape index (κ2) is 7.63. The van der Waals surface area contributed by atoms with Crippen LogP contribution in [-0.2, 0) is 13.0 Å². The third kappa shape index (κ3) is 3.67. The first-order valence-corrected chi connectivity index (χ1v) is 10.5. The van der Waals surface area contributed by atoms with E-state index in [0.717, 1.165) is 74.9 Å². The van der Waals surface area contributed by atoms with Crippen LogP contribution in [0.25, 0.3) is 0 Å². The molecule has 2 aromatic rings. The lowest BCUT2D eigenvalue weighted by Crippen LogP contribution is -2.47.